The van der Waals surface area contributed by atoms with Gasteiger partial charge in [0.05, 0.1) is 16.1 Å². The lowest BCUT2D eigenvalue weighted by Gasteiger charge is -2.25. The van der Waals surface area contributed by atoms with Gasteiger partial charge in [-0.2, -0.15) is 13.2 Å². The standard InChI is InChI=1S/C28H23F3N2O3S2/c29-28(30,31)22-8-7-9-24(18-22)33(38(35,36)26-12-5-2-6-13-26)19-27(34)32-23-16-14-21(15-17-23)20-37-25-10-3-1-4-11-25/h1-18H,19-20H2,(H,32,34). The smallest absolute Gasteiger partial charge is 0.325 e. The molecule has 0 bridgehead atoms. The zero-order chi connectivity index (χ0) is 27.2. The van der Waals surface area contributed by atoms with Gasteiger partial charge in [0.15, 0.2) is 0 Å². The number of thioether (sulfide) groups is 1. The minimum atomic E-state index is -4.68. The molecule has 4 aromatic rings. The lowest BCUT2D eigenvalue weighted by atomic mass is 10.2. The Hall–Kier alpha value is -3.76. The topological polar surface area (TPSA) is 66.5 Å². The summed E-state index contributed by atoms with van der Waals surface area (Å²) in [6.07, 6.45) is -4.68. The SMILES string of the molecule is O=C(CN(c1cccc(C(F)(F)F)c1)S(=O)(=O)c1ccccc1)Nc1ccc(CSc2ccccc2)cc1. The number of carbonyl (C=O) groups is 1. The van der Waals surface area contributed by atoms with E-state index >= 15 is 0 Å². The molecule has 10 heteroatoms. The molecule has 0 aliphatic rings. The van der Waals surface area contributed by atoms with Crippen LogP contribution in [-0.4, -0.2) is 20.9 Å². The van der Waals surface area contributed by atoms with Crippen molar-refractivity contribution in [3.05, 3.63) is 120 Å². The monoisotopic (exact) mass is 556 g/mol. The van der Waals surface area contributed by atoms with Gasteiger partial charge in [0.2, 0.25) is 5.91 Å². The van der Waals surface area contributed by atoms with Gasteiger partial charge in [-0.3, -0.25) is 9.10 Å². The molecule has 4 rings (SSSR count). The first-order chi connectivity index (χ1) is 18.1. The maximum atomic E-state index is 13.4. The van der Waals surface area contributed by atoms with Crippen LogP contribution in [0.2, 0.25) is 0 Å². The highest BCUT2D eigenvalue weighted by Crippen LogP contribution is 2.33. The Morgan fingerprint density at radius 1 is 0.816 bits per heavy atom. The number of carbonyl (C=O) groups excluding carboxylic acids is 1. The van der Waals surface area contributed by atoms with E-state index in [9.17, 15) is 26.4 Å². The molecule has 0 radical (unpaired) electrons. The van der Waals surface area contributed by atoms with E-state index in [-0.39, 0.29) is 10.6 Å². The maximum absolute atomic E-state index is 13.4. The van der Waals surface area contributed by atoms with Crippen LogP contribution < -0.4 is 9.62 Å². The van der Waals surface area contributed by atoms with E-state index in [2.05, 4.69) is 5.32 Å². The van der Waals surface area contributed by atoms with Crippen molar-refractivity contribution in [1.29, 1.82) is 0 Å². The Morgan fingerprint density at radius 3 is 2.08 bits per heavy atom. The van der Waals surface area contributed by atoms with Gasteiger partial charge in [-0.15, -0.1) is 11.8 Å². The van der Waals surface area contributed by atoms with Crippen molar-refractivity contribution in [3.8, 4) is 0 Å². The minimum absolute atomic E-state index is 0.148. The Balaban J connectivity index is 1.52. The molecule has 1 N–H and O–H groups in total. The first-order valence-corrected chi connectivity index (χ1v) is 13.9. The van der Waals surface area contributed by atoms with Crippen LogP contribution in [0.5, 0.6) is 0 Å². The Morgan fingerprint density at radius 2 is 1.45 bits per heavy atom. The molecule has 0 atom stereocenters. The fourth-order valence-electron chi connectivity index (χ4n) is 3.57. The molecule has 0 aromatic heterocycles. The Kier molecular flexibility index (Phi) is 8.43. The average Bonchev–Trinajstić information content (AvgIpc) is 2.92. The maximum Gasteiger partial charge on any atom is 0.416 e. The van der Waals surface area contributed by atoms with Crippen LogP contribution in [0.25, 0.3) is 0 Å². The van der Waals surface area contributed by atoms with E-state index in [1.165, 1.54) is 30.3 Å². The van der Waals surface area contributed by atoms with Gasteiger partial charge in [0.25, 0.3) is 10.0 Å². The van der Waals surface area contributed by atoms with Gasteiger partial charge < -0.3 is 5.32 Å². The van der Waals surface area contributed by atoms with Crippen LogP contribution >= 0.6 is 11.8 Å². The van der Waals surface area contributed by atoms with Crippen molar-refractivity contribution in [1.82, 2.24) is 0 Å². The molecule has 0 aliphatic heterocycles. The minimum Gasteiger partial charge on any atom is -0.325 e. The van der Waals surface area contributed by atoms with E-state index in [0.717, 1.165) is 28.3 Å². The van der Waals surface area contributed by atoms with Crippen LogP contribution in [0.3, 0.4) is 0 Å². The quantitative estimate of drug-likeness (QED) is 0.230. The van der Waals surface area contributed by atoms with Crippen molar-refractivity contribution >= 4 is 39.1 Å². The van der Waals surface area contributed by atoms with E-state index < -0.39 is 34.2 Å². The second-order valence-corrected chi connectivity index (χ2v) is 11.1. The third-order valence-corrected chi connectivity index (χ3v) is 8.34. The molecule has 0 saturated heterocycles. The van der Waals surface area contributed by atoms with Gasteiger partial charge >= 0.3 is 6.18 Å². The van der Waals surface area contributed by atoms with Crippen molar-refractivity contribution in [2.45, 2.75) is 21.7 Å². The number of nitrogens with one attached hydrogen (secondary N) is 1. The van der Waals surface area contributed by atoms with E-state index in [4.69, 9.17) is 0 Å². The molecule has 0 fully saturated rings. The number of alkyl halides is 3. The Bertz CT molecular complexity index is 1480. The van der Waals surface area contributed by atoms with Crippen LogP contribution in [0.4, 0.5) is 24.5 Å². The van der Waals surface area contributed by atoms with Gasteiger partial charge in [-0.25, -0.2) is 8.42 Å². The number of sulfonamides is 1. The number of rotatable bonds is 9. The number of benzene rings is 4. The van der Waals surface area contributed by atoms with E-state index in [0.29, 0.717) is 16.1 Å². The summed E-state index contributed by atoms with van der Waals surface area (Å²) in [6.45, 7) is -0.718. The van der Waals surface area contributed by atoms with Crippen LogP contribution in [-0.2, 0) is 26.7 Å². The average molecular weight is 557 g/mol. The first kappa shape index (κ1) is 27.3. The number of hydrogen-bond donors (Lipinski definition) is 1. The fraction of sp³-hybridized carbons (Fsp3) is 0.107. The van der Waals surface area contributed by atoms with Crippen molar-refractivity contribution < 1.29 is 26.4 Å². The van der Waals surface area contributed by atoms with Crippen molar-refractivity contribution in [2.24, 2.45) is 0 Å². The summed E-state index contributed by atoms with van der Waals surface area (Å²) in [4.78, 5) is 13.9. The number of amides is 1. The molecule has 5 nitrogen and oxygen atoms in total. The molecule has 0 aliphatic carbocycles. The third kappa shape index (κ3) is 6.96. The normalized spacial score (nSPS) is 11.7. The predicted octanol–water partition coefficient (Wildman–Crippen LogP) is 6.83. The van der Waals surface area contributed by atoms with Crippen LogP contribution in [0, 0.1) is 0 Å². The third-order valence-electron chi connectivity index (χ3n) is 5.47. The van der Waals surface area contributed by atoms with E-state index in [1.807, 2.05) is 42.5 Å². The van der Waals surface area contributed by atoms with E-state index in [1.54, 1.807) is 30.0 Å². The summed E-state index contributed by atoms with van der Waals surface area (Å²) in [5, 5.41) is 2.64. The number of anilines is 2. The molecule has 4 aromatic carbocycles. The summed E-state index contributed by atoms with van der Waals surface area (Å²) >= 11 is 1.66. The van der Waals surface area contributed by atoms with Gasteiger partial charge in [0.1, 0.15) is 6.54 Å². The number of nitrogens with zero attached hydrogens (tertiary/aromatic N) is 1. The highest BCUT2D eigenvalue weighted by molar-refractivity contribution is 7.98. The summed E-state index contributed by atoms with van der Waals surface area (Å²) in [6, 6.07) is 28.1. The second kappa shape index (κ2) is 11.7. The van der Waals surface area contributed by atoms with Gasteiger partial charge in [0, 0.05) is 16.3 Å². The molecular weight excluding hydrogens is 533 g/mol. The van der Waals surface area contributed by atoms with Crippen molar-refractivity contribution in [2.75, 3.05) is 16.2 Å². The summed E-state index contributed by atoms with van der Waals surface area (Å²) in [5.74, 6) is 0.0185. The lowest BCUT2D eigenvalue weighted by molar-refractivity contribution is -0.137. The zero-order valence-corrected chi connectivity index (χ0v) is 21.6. The van der Waals surface area contributed by atoms with Gasteiger partial charge in [-0.05, 0) is 60.2 Å². The molecule has 1 amide bonds. The van der Waals surface area contributed by atoms with Crippen LogP contribution in [0.1, 0.15) is 11.1 Å². The summed E-state index contributed by atoms with van der Waals surface area (Å²) in [5.41, 5.74) is 0.165. The fourth-order valence-corrected chi connectivity index (χ4v) is 5.88. The largest absolute Gasteiger partial charge is 0.416 e. The highest BCUT2D eigenvalue weighted by atomic mass is 32.2. The number of hydrogen-bond acceptors (Lipinski definition) is 4. The summed E-state index contributed by atoms with van der Waals surface area (Å²) in [7, 11) is -4.34. The van der Waals surface area contributed by atoms with Crippen molar-refractivity contribution in [3.63, 3.8) is 0 Å². The Labute approximate surface area is 223 Å². The predicted molar refractivity (Wildman–Crippen MR) is 143 cm³/mol. The second-order valence-electron chi connectivity index (χ2n) is 8.22. The molecular formula is C28H23F3N2O3S2. The first-order valence-electron chi connectivity index (χ1n) is 11.4. The lowest BCUT2D eigenvalue weighted by Crippen LogP contribution is -2.38. The molecule has 196 valence electrons. The highest BCUT2D eigenvalue weighted by Gasteiger charge is 2.33. The number of halogens is 3. The summed E-state index contributed by atoms with van der Waals surface area (Å²) < 4.78 is 67.4. The molecule has 38 heavy (non-hydrogen) atoms. The molecule has 0 spiro atoms. The zero-order valence-electron chi connectivity index (χ0n) is 19.9. The molecule has 0 saturated carbocycles. The molecule has 0 unspecified atom stereocenters. The van der Waals surface area contributed by atoms with Crippen LogP contribution in [0.15, 0.2) is 119 Å². The molecule has 0 heterocycles. The van der Waals surface area contributed by atoms with Gasteiger partial charge in [-0.1, -0.05) is 54.6 Å².